The summed E-state index contributed by atoms with van der Waals surface area (Å²) in [5.41, 5.74) is 3.83. The first-order valence-electron chi connectivity index (χ1n) is 11.5. The van der Waals surface area contributed by atoms with Crippen molar-refractivity contribution in [3.63, 3.8) is 0 Å². The molecule has 1 saturated carbocycles. The zero-order valence-corrected chi connectivity index (χ0v) is 19.9. The molecule has 5 aromatic rings. The molecule has 0 atom stereocenters. The Morgan fingerprint density at radius 3 is 2.56 bits per heavy atom. The molecule has 1 fully saturated rings. The molecule has 3 aromatic heterocycles. The van der Waals surface area contributed by atoms with Crippen molar-refractivity contribution < 1.29 is 13.2 Å². The molecule has 0 N–H and O–H groups in total. The van der Waals surface area contributed by atoms with Gasteiger partial charge in [0.2, 0.25) is 0 Å². The fourth-order valence-corrected chi connectivity index (χ4v) is 6.07. The fraction of sp³-hybridized carbons (Fsp3) is 0.222. The molecule has 2 aromatic carbocycles. The second kappa shape index (κ2) is 7.74. The van der Waals surface area contributed by atoms with Gasteiger partial charge in [0.15, 0.2) is 5.65 Å². The van der Waals surface area contributed by atoms with Gasteiger partial charge in [-0.3, -0.25) is 0 Å². The number of benzene rings is 2. The normalized spacial score (nSPS) is 14.5. The number of pyridine rings is 1. The number of aryl methyl sites for hydroxylation is 2. The average Bonchev–Trinajstić information content (AvgIpc) is 3.34. The highest BCUT2D eigenvalue weighted by Crippen LogP contribution is 2.38. The Morgan fingerprint density at radius 2 is 1.82 bits per heavy atom. The van der Waals surface area contributed by atoms with E-state index in [2.05, 4.69) is 4.98 Å². The van der Waals surface area contributed by atoms with Gasteiger partial charge in [-0.25, -0.2) is 17.4 Å². The smallest absolute Gasteiger partial charge is 0.269 e. The average molecular weight is 472 g/mol. The van der Waals surface area contributed by atoms with Crippen molar-refractivity contribution in [1.29, 1.82) is 0 Å². The summed E-state index contributed by atoms with van der Waals surface area (Å²) in [6.45, 7) is 1.94. The summed E-state index contributed by atoms with van der Waals surface area (Å²) in [4.78, 5) is 4.68. The first-order valence-corrected chi connectivity index (χ1v) is 12.9. The second-order valence-electron chi connectivity index (χ2n) is 9.03. The highest BCUT2D eigenvalue weighted by molar-refractivity contribution is 7.90. The fourth-order valence-electron chi connectivity index (χ4n) is 4.59. The number of hydrogen-bond acceptors (Lipinski definition) is 4. The SMILES string of the molecule is Cc1ccc(S(=O)(=O)n2c(-c3cn(C)c4ccc(OC5CCC5)cc34)cc3cccnc32)cc1. The van der Waals surface area contributed by atoms with E-state index >= 15 is 0 Å². The van der Waals surface area contributed by atoms with Gasteiger partial charge in [-0.05, 0) is 74.7 Å². The van der Waals surface area contributed by atoms with Gasteiger partial charge in [0.1, 0.15) is 5.75 Å². The van der Waals surface area contributed by atoms with Crippen molar-refractivity contribution in [1.82, 2.24) is 13.5 Å². The van der Waals surface area contributed by atoms with Crippen LogP contribution in [-0.2, 0) is 17.1 Å². The zero-order chi connectivity index (χ0) is 23.4. The van der Waals surface area contributed by atoms with Crippen LogP contribution in [0.4, 0.5) is 0 Å². The van der Waals surface area contributed by atoms with Crippen LogP contribution in [0.1, 0.15) is 24.8 Å². The molecule has 1 aliphatic carbocycles. The standard InChI is InChI=1S/C27H25N3O3S/c1-18-8-11-22(12-9-18)34(31,32)30-26(15-19-5-4-14-28-27(19)30)24-17-29(2)25-13-10-21(16-23(24)25)33-20-6-3-7-20/h4-5,8-17,20H,3,6-7H2,1-2H3. The van der Waals surface area contributed by atoms with Crippen molar-refractivity contribution in [3.05, 3.63) is 78.6 Å². The number of nitrogens with zero attached hydrogens (tertiary/aromatic N) is 3. The summed E-state index contributed by atoms with van der Waals surface area (Å²) in [6.07, 6.45) is 7.23. The molecule has 7 heteroatoms. The Hall–Kier alpha value is -3.58. The van der Waals surface area contributed by atoms with Gasteiger partial charge in [0.05, 0.1) is 16.7 Å². The summed E-state index contributed by atoms with van der Waals surface area (Å²) in [5, 5.41) is 1.72. The Kier molecular flexibility index (Phi) is 4.78. The van der Waals surface area contributed by atoms with Crippen LogP contribution < -0.4 is 4.74 Å². The van der Waals surface area contributed by atoms with Crippen LogP contribution in [0.3, 0.4) is 0 Å². The molecule has 0 saturated heterocycles. The molecule has 0 unspecified atom stereocenters. The third-order valence-electron chi connectivity index (χ3n) is 6.67. The van der Waals surface area contributed by atoms with Crippen LogP contribution in [0.25, 0.3) is 33.2 Å². The second-order valence-corrected chi connectivity index (χ2v) is 10.8. The lowest BCUT2D eigenvalue weighted by Gasteiger charge is -2.26. The van der Waals surface area contributed by atoms with Gasteiger partial charge in [-0.2, -0.15) is 0 Å². The predicted molar refractivity (Wildman–Crippen MR) is 134 cm³/mol. The lowest BCUT2D eigenvalue weighted by atomic mass is 9.96. The van der Waals surface area contributed by atoms with Gasteiger partial charge < -0.3 is 9.30 Å². The van der Waals surface area contributed by atoms with Crippen LogP contribution in [0.5, 0.6) is 5.75 Å². The number of rotatable bonds is 5. The van der Waals surface area contributed by atoms with E-state index in [1.165, 1.54) is 10.4 Å². The van der Waals surface area contributed by atoms with Crippen molar-refractivity contribution >= 4 is 32.0 Å². The number of hydrogen-bond donors (Lipinski definition) is 0. The summed E-state index contributed by atoms with van der Waals surface area (Å²) in [5.74, 6) is 0.812. The molecule has 0 aliphatic heterocycles. The van der Waals surface area contributed by atoms with Gasteiger partial charge in [-0.15, -0.1) is 0 Å². The molecule has 0 spiro atoms. The van der Waals surface area contributed by atoms with E-state index in [0.29, 0.717) is 11.3 Å². The minimum Gasteiger partial charge on any atom is -0.490 e. The summed E-state index contributed by atoms with van der Waals surface area (Å²) < 4.78 is 37.4. The molecular weight excluding hydrogens is 446 g/mol. The lowest BCUT2D eigenvalue weighted by Crippen LogP contribution is -2.24. The minimum absolute atomic E-state index is 0.233. The maximum atomic E-state index is 13.9. The van der Waals surface area contributed by atoms with Crippen LogP contribution in [0.15, 0.2) is 78.0 Å². The molecule has 0 radical (unpaired) electrons. The van der Waals surface area contributed by atoms with Crippen molar-refractivity contribution in [2.45, 2.75) is 37.2 Å². The third kappa shape index (κ3) is 3.30. The number of ether oxygens (including phenoxy) is 1. The van der Waals surface area contributed by atoms with E-state index in [9.17, 15) is 8.42 Å². The monoisotopic (exact) mass is 471 g/mol. The lowest BCUT2D eigenvalue weighted by molar-refractivity contribution is 0.120. The number of aromatic nitrogens is 3. The number of fused-ring (bicyclic) bond motifs is 2. The van der Waals surface area contributed by atoms with Crippen LogP contribution >= 0.6 is 0 Å². The van der Waals surface area contributed by atoms with Crippen molar-refractivity contribution in [2.75, 3.05) is 0 Å². The largest absolute Gasteiger partial charge is 0.490 e. The molecule has 1 aliphatic rings. The summed E-state index contributed by atoms with van der Waals surface area (Å²) in [7, 11) is -1.92. The van der Waals surface area contributed by atoms with E-state index in [1.54, 1.807) is 18.3 Å². The van der Waals surface area contributed by atoms with Crippen molar-refractivity contribution in [2.24, 2.45) is 7.05 Å². The zero-order valence-electron chi connectivity index (χ0n) is 19.1. The van der Waals surface area contributed by atoms with Gasteiger partial charge in [-0.1, -0.05) is 17.7 Å². The molecule has 6 nitrogen and oxygen atoms in total. The van der Waals surface area contributed by atoms with Crippen LogP contribution in [0, 0.1) is 6.92 Å². The molecule has 34 heavy (non-hydrogen) atoms. The van der Waals surface area contributed by atoms with Gasteiger partial charge in [0.25, 0.3) is 10.0 Å². The van der Waals surface area contributed by atoms with E-state index in [4.69, 9.17) is 4.74 Å². The van der Waals surface area contributed by atoms with E-state index in [1.807, 2.05) is 73.3 Å². The molecule has 0 amide bonds. The Balaban J connectivity index is 1.60. The summed E-state index contributed by atoms with van der Waals surface area (Å²) in [6, 6.07) is 18.6. The molecule has 3 heterocycles. The summed E-state index contributed by atoms with van der Waals surface area (Å²) >= 11 is 0. The Bertz CT molecular complexity index is 1640. The van der Waals surface area contributed by atoms with Crippen molar-refractivity contribution in [3.8, 4) is 17.0 Å². The minimum atomic E-state index is -3.89. The highest BCUT2D eigenvalue weighted by Gasteiger charge is 2.27. The topological polar surface area (TPSA) is 66.1 Å². The Morgan fingerprint density at radius 1 is 1.03 bits per heavy atom. The van der Waals surface area contributed by atoms with Crippen LogP contribution in [0.2, 0.25) is 0 Å². The molecule has 6 rings (SSSR count). The third-order valence-corrected chi connectivity index (χ3v) is 8.39. The van der Waals surface area contributed by atoms with E-state index in [-0.39, 0.29) is 11.0 Å². The highest BCUT2D eigenvalue weighted by atomic mass is 32.2. The van der Waals surface area contributed by atoms with Gasteiger partial charge in [0, 0.05) is 41.3 Å². The van der Waals surface area contributed by atoms with Gasteiger partial charge >= 0.3 is 0 Å². The predicted octanol–water partition coefficient (Wildman–Crippen LogP) is 5.67. The maximum Gasteiger partial charge on any atom is 0.269 e. The first kappa shape index (κ1) is 21.0. The molecule has 0 bridgehead atoms. The first-order chi connectivity index (χ1) is 16.4. The van der Waals surface area contributed by atoms with Crippen LogP contribution in [-0.4, -0.2) is 28.0 Å². The quantitative estimate of drug-likeness (QED) is 0.331. The van der Waals surface area contributed by atoms with E-state index in [0.717, 1.165) is 46.0 Å². The maximum absolute atomic E-state index is 13.9. The Labute approximate surface area is 198 Å². The molecular formula is C27H25N3O3S. The van der Waals surface area contributed by atoms with E-state index < -0.39 is 10.0 Å². The molecule has 172 valence electrons.